The Hall–Kier alpha value is -1.49. The van der Waals surface area contributed by atoms with Gasteiger partial charge < -0.3 is 10.1 Å². The number of thiol groups is 1. The van der Waals surface area contributed by atoms with Gasteiger partial charge in [-0.15, -0.1) is 12.6 Å². The molecule has 0 fully saturated rings. The molecule has 1 N–H and O–H groups in total. The van der Waals surface area contributed by atoms with Crippen molar-refractivity contribution in [3.05, 3.63) is 24.3 Å². The molecule has 0 atom stereocenters. The fourth-order valence-corrected chi connectivity index (χ4v) is 2.80. The lowest BCUT2D eigenvalue weighted by Crippen LogP contribution is -2.24. The molecule has 0 aliphatic carbocycles. The van der Waals surface area contributed by atoms with Gasteiger partial charge in [0.1, 0.15) is 5.75 Å². The Morgan fingerprint density at radius 3 is 2.23 bits per heavy atom. The molecule has 4 nitrogen and oxygen atoms in total. The molecular formula is C21H33NO3S. The molecule has 0 aliphatic heterocycles. The average Bonchev–Trinajstić information content (AvgIpc) is 2.63. The molecule has 26 heavy (non-hydrogen) atoms. The molecule has 0 aromatic heterocycles. The summed E-state index contributed by atoms with van der Waals surface area (Å²) in [5, 5.41) is 2.96. The number of nitrogens with one attached hydrogen (secondary N) is 1. The number of amides is 1. The predicted molar refractivity (Wildman–Crippen MR) is 109 cm³/mol. The van der Waals surface area contributed by atoms with Crippen LogP contribution in [0.3, 0.4) is 0 Å². The number of hydrogen-bond donors (Lipinski definition) is 2. The minimum Gasteiger partial charge on any atom is -0.427 e. The zero-order valence-corrected chi connectivity index (χ0v) is 16.9. The van der Waals surface area contributed by atoms with Gasteiger partial charge in [-0.2, -0.15) is 0 Å². The van der Waals surface area contributed by atoms with Gasteiger partial charge in [-0.25, -0.2) is 0 Å². The van der Waals surface area contributed by atoms with Gasteiger partial charge in [0, 0.05) is 24.3 Å². The van der Waals surface area contributed by atoms with Gasteiger partial charge in [0.05, 0.1) is 0 Å². The van der Waals surface area contributed by atoms with Crippen LogP contribution in [0.4, 0.5) is 0 Å². The van der Waals surface area contributed by atoms with E-state index in [9.17, 15) is 9.59 Å². The SMILES string of the molecule is CCCCCCCCC(=O)NCCCCCC(=O)Oc1ccc(S)cc1. The lowest BCUT2D eigenvalue weighted by molar-refractivity contribution is -0.134. The highest BCUT2D eigenvalue weighted by molar-refractivity contribution is 7.80. The molecule has 0 aliphatic rings. The smallest absolute Gasteiger partial charge is 0.311 e. The van der Waals surface area contributed by atoms with Crippen molar-refractivity contribution in [2.45, 2.75) is 82.4 Å². The molecule has 0 spiro atoms. The summed E-state index contributed by atoms with van der Waals surface area (Å²) in [4.78, 5) is 24.3. The Bertz CT molecular complexity index is 516. The van der Waals surface area contributed by atoms with Crippen LogP contribution in [0.25, 0.3) is 0 Å². The summed E-state index contributed by atoms with van der Waals surface area (Å²) in [5.74, 6) is 0.478. The van der Waals surface area contributed by atoms with E-state index in [2.05, 4.69) is 24.9 Å². The van der Waals surface area contributed by atoms with E-state index in [4.69, 9.17) is 4.74 Å². The van der Waals surface area contributed by atoms with Crippen LogP contribution in [0.15, 0.2) is 29.2 Å². The Morgan fingerprint density at radius 2 is 1.50 bits per heavy atom. The maximum absolute atomic E-state index is 11.7. The fourth-order valence-electron chi connectivity index (χ4n) is 2.65. The van der Waals surface area contributed by atoms with Gasteiger partial charge in [0.15, 0.2) is 0 Å². The Morgan fingerprint density at radius 1 is 0.885 bits per heavy atom. The molecule has 1 aromatic carbocycles. The minimum absolute atomic E-state index is 0.146. The number of ether oxygens (including phenoxy) is 1. The first-order chi connectivity index (χ1) is 12.6. The van der Waals surface area contributed by atoms with Crippen molar-refractivity contribution in [2.24, 2.45) is 0 Å². The molecule has 0 radical (unpaired) electrons. The monoisotopic (exact) mass is 379 g/mol. The van der Waals surface area contributed by atoms with Gasteiger partial charge in [0.25, 0.3) is 0 Å². The standard InChI is InChI=1S/C21H33NO3S/c1-2-3-4-5-6-8-11-20(23)22-17-10-7-9-12-21(24)25-18-13-15-19(26)16-14-18/h13-16,26H,2-12,17H2,1H3,(H,22,23). The number of unbranched alkanes of at least 4 members (excludes halogenated alkanes) is 7. The molecular weight excluding hydrogens is 346 g/mol. The van der Waals surface area contributed by atoms with Crippen molar-refractivity contribution < 1.29 is 14.3 Å². The van der Waals surface area contributed by atoms with Gasteiger partial charge in [-0.05, 0) is 43.5 Å². The van der Waals surface area contributed by atoms with Crippen LogP contribution in [0.5, 0.6) is 5.75 Å². The van der Waals surface area contributed by atoms with Crippen LogP contribution in [0, 0.1) is 0 Å². The first-order valence-electron chi connectivity index (χ1n) is 9.88. The minimum atomic E-state index is -0.218. The van der Waals surface area contributed by atoms with Crippen molar-refractivity contribution in [1.29, 1.82) is 0 Å². The van der Waals surface area contributed by atoms with Crippen molar-refractivity contribution >= 4 is 24.5 Å². The zero-order chi connectivity index (χ0) is 19.0. The van der Waals surface area contributed by atoms with Crippen LogP contribution < -0.4 is 10.1 Å². The average molecular weight is 380 g/mol. The number of esters is 1. The summed E-state index contributed by atoms with van der Waals surface area (Å²) in [5.41, 5.74) is 0. The Balaban J connectivity index is 1.94. The van der Waals surface area contributed by atoms with Crippen LogP contribution in [0.2, 0.25) is 0 Å². The van der Waals surface area contributed by atoms with E-state index < -0.39 is 0 Å². The Labute approximate surface area is 163 Å². The number of carbonyl (C=O) groups excluding carboxylic acids is 2. The number of rotatable bonds is 14. The summed E-state index contributed by atoms with van der Waals surface area (Å²) < 4.78 is 5.25. The van der Waals surface area contributed by atoms with E-state index in [-0.39, 0.29) is 11.9 Å². The number of benzene rings is 1. The summed E-state index contributed by atoms with van der Waals surface area (Å²) in [6.07, 6.45) is 10.8. The summed E-state index contributed by atoms with van der Waals surface area (Å²) >= 11 is 4.19. The van der Waals surface area contributed by atoms with Crippen molar-refractivity contribution in [3.63, 3.8) is 0 Å². The maximum atomic E-state index is 11.7. The molecule has 0 heterocycles. The molecule has 1 rings (SSSR count). The van der Waals surface area contributed by atoms with Crippen LogP contribution >= 0.6 is 12.6 Å². The van der Waals surface area contributed by atoms with Gasteiger partial charge in [-0.1, -0.05) is 45.4 Å². The molecule has 1 amide bonds. The second-order valence-electron chi connectivity index (χ2n) is 6.65. The second kappa shape index (κ2) is 14.7. The maximum Gasteiger partial charge on any atom is 0.311 e. The van der Waals surface area contributed by atoms with E-state index in [1.54, 1.807) is 24.3 Å². The molecule has 5 heteroatoms. The Kier molecular flexibility index (Phi) is 12.7. The summed E-state index contributed by atoms with van der Waals surface area (Å²) in [6.45, 7) is 2.89. The molecule has 0 unspecified atom stereocenters. The lowest BCUT2D eigenvalue weighted by atomic mass is 10.1. The topological polar surface area (TPSA) is 55.4 Å². The fraction of sp³-hybridized carbons (Fsp3) is 0.619. The molecule has 0 saturated carbocycles. The third-order valence-electron chi connectivity index (χ3n) is 4.21. The van der Waals surface area contributed by atoms with Crippen LogP contribution in [-0.2, 0) is 9.59 Å². The number of carbonyl (C=O) groups is 2. The van der Waals surface area contributed by atoms with E-state index in [1.165, 1.54) is 25.7 Å². The van der Waals surface area contributed by atoms with E-state index in [1.807, 2.05) is 0 Å². The molecule has 0 saturated heterocycles. The second-order valence-corrected chi connectivity index (χ2v) is 7.16. The highest BCUT2D eigenvalue weighted by Crippen LogP contribution is 2.15. The summed E-state index contributed by atoms with van der Waals surface area (Å²) in [7, 11) is 0. The van der Waals surface area contributed by atoms with E-state index in [0.717, 1.165) is 37.0 Å². The van der Waals surface area contributed by atoms with Crippen molar-refractivity contribution in [2.75, 3.05) is 6.54 Å². The zero-order valence-electron chi connectivity index (χ0n) is 16.0. The highest BCUT2D eigenvalue weighted by atomic mass is 32.1. The molecule has 1 aromatic rings. The third kappa shape index (κ3) is 12.0. The lowest BCUT2D eigenvalue weighted by Gasteiger charge is -2.06. The first kappa shape index (κ1) is 22.6. The van der Waals surface area contributed by atoms with Crippen LogP contribution in [-0.4, -0.2) is 18.4 Å². The number of hydrogen-bond acceptors (Lipinski definition) is 4. The van der Waals surface area contributed by atoms with Gasteiger partial charge >= 0.3 is 5.97 Å². The third-order valence-corrected chi connectivity index (χ3v) is 4.50. The first-order valence-corrected chi connectivity index (χ1v) is 10.3. The quantitative estimate of drug-likeness (QED) is 0.199. The van der Waals surface area contributed by atoms with Gasteiger partial charge in [0.2, 0.25) is 5.91 Å². The van der Waals surface area contributed by atoms with Crippen LogP contribution in [0.1, 0.15) is 77.6 Å². The molecule has 146 valence electrons. The van der Waals surface area contributed by atoms with Gasteiger partial charge in [-0.3, -0.25) is 9.59 Å². The van der Waals surface area contributed by atoms with Crippen molar-refractivity contribution in [3.8, 4) is 5.75 Å². The highest BCUT2D eigenvalue weighted by Gasteiger charge is 2.05. The molecule has 0 bridgehead atoms. The predicted octanol–water partition coefficient (Wildman–Crippen LogP) is 5.31. The largest absolute Gasteiger partial charge is 0.427 e. The summed E-state index contributed by atoms with van der Waals surface area (Å²) in [6, 6.07) is 7.05. The van der Waals surface area contributed by atoms with E-state index >= 15 is 0 Å². The van der Waals surface area contributed by atoms with Crippen molar-refractivity contribution in [1.82, 2.24) is 5.32 Å². The van der Waals surface area contributed by atoms with E-state index in [0.29, 0.717) is 25.1 Å². The normalized spacial score (nSPS) is 10.5.